The van der Waals surface area contributed by atoms with Gasteiger partial charge in [-0.3, -0.25) is 34.6 Å². The van der Waals surface area contributed by atoms with Crippen molar-refractivity contribution >= 4 is 28.8 Å². The van der Waals surface area contributed by atoms with Crippen LogP contribution in [0.4, 0.5) is 24.5 Å². The highest BCUT2D eigenvalue weighted by Crippen LogP contribution is 2.39. The largest absolute Gasteiger partial charge is 0.471 e. The number of amides is 1. The van der Waals surface area contributed by atoms with Crippen LogP contribution >= 0.6 is 0 Å². The smallest absolute Gasteiger partial charge is 0.379 e. The van der Waals surface area contributed by atoms with Crippen molar-refractivity contribution in [3.05, 3.63) is 79.9 Å². The number of nitrogens with zero attached hydrogens (tertiary/aromatic N) is 2. The zero-order valence-electron chi connectivity index (χ0n) is 19.2. The van der Waals surface area contributed by atoms with Gasteiger partial charge < -0.3 is 20.3 Å². The van der Waals surface area contributed by atoms with E-state index in [1.165, 1.54) is 5.32 Å². The van der Waals surface area contributed by atoms with E-state index in [0.717, 1.165) is 55.5 Å². The molecule has 0 saturated carbocycles. The van der Waals surface area contributed by atoms with Gasteiger partial charge in [0.1, 0.15) is 0 Å². The van der Waals surface area contributed by atoms with Gasteiger partial charge in [-0.15, -0.1) is 0 Å². The number of nitrogens with one attached hydrogen (secondary N) is 1. The number of hydrogen-bond acceptors (Lipinski definition) is 10. The molecule has 2 aromatic carbocycles. The van der Waals surface area contributed by atoms with Crippen LogP contribution in [0.25, 0.3) is 0 Å². The van der Waals surface area contributed by atoms with E-state index in [4.69, 9.17) is 4.74 Å². The fourth-order valence-corrected chi connectivity index (χ4v) is 4.04. The molecule has 0 aromatic heterocycles. The standard InChI is InChI=1S/C22H18F3N3O10/c1-11-16(26-19(31)22(23,24)25)20(32,17(29)12-2-6-14(7-3-12)27(34)35)10-21(33,38-11)18(30)13-4-8-15(9-5-13)28(36)37/h2-9,11,16,32-33H,10H2,1H3,(H,26,31)/t11-,16+,20-,21-/m1/s1. The number of Topliss-reactive ketones (excluding diaryl/α,β-unsaturated/α-hetero) is 2. The molecule has 1 aliphatic rings. The summed E-state index contributed by atoms with van der Waals surface area (Å²) < 4.78 is 44.2. The molecular formula is C22H18F3N3O10. The van der Waals surface area contributed by atoms with Crippen molar-refractivity contribution in [1.29, 1.82) is 0 Å². The summed E-state index contributed by atoms with van der Waals surface area (Å²) in [5, 5.41) is 45.7. The molecule has 3 N–H and O–H groups in total. The number of rotatable bonds is 7. The van der Waals surface area contributed by atoms with E-state index in [1.807, 2.05) is 0 Å². The highest BCUT2D eigenvalue weighted by atomic mass is 19.4. The molecule has 1 amide bonds. The van der Waals surface area contributed by atoms with Crippen LogP contribution in [0.2, 0.25) is 0 Å². The van der Waals surface area contributed by atoms with Crippen molar-refractivity contribution < 1.29 is 52.4 Å². The van der Waals surface area contributed by atoms with E-state index in [9.17, 15) is 58.0 Å². The normalized spacial score (nSPS) is 25.3. The van der Waals surface area contributed by atoms with Crippen LogP contribution in [0.1, 0.15) is 34.1 Å². The first-order chi connectivity index (χ1) is 17.5. The fourth-order valence-electron chi connectivity index (χ4n) is 4.04. The maximum absolute atomic E-state index is 13.4. The summed E-state index contributed by atoms with van der Waals surface area (Å²) in [5.41, 5.74) is -4.79. The van der Waals surface area contributed by atoms with Crippen molar-refractivity contribution in [3.63, 3.8) is 0 Å². The molecular weight excluding hydrogens is 523 g/mol. The molecule has 3 rings (SSSR count). The number of nitro benzene ring substituents is 2. The number of aliphatic hydroxyl groups is 2. The third-order valence-corrected chi connectivity index (χ3v) is 5.85. The number of hydrogen-bond donors (Lipinski definition) is 3. The SMILES string of the molecule is C[C@H]1O[C@@](O)(C(=O)c2ccc([N+](=O)[O-])cc2)C[C@](O)(C(=O)c2ccc([N+](=O)[O-])cc2)[C@H]1NC(=O)C(F)(F)F. The zero-order chi connectivity index (χ0) is 28.6. The number of nitro groups is 2. The number of carbonyl (C=O) groups is 3. The van der Waals surface area contributed by atoms with E-state index >= 15 is 0 Å². The number of ether oxygens (including phenoxy) is 1. The second-order valence-electron chi connectivity index (χ2n) is 8.42. The minimum Gasteiger partial charge on any atom is -0.379 e. The lowest BCUT2D eigenvalue weighted by atomic mass is 9.74. The zero-order valence-corrected chi connectivity index (χ0v) is 19.2. The van der Waals surface area contributed by atoms with Gasteiger partial charge in [0, 0.05) is 41.8 Å². The van der Waals surface area contributed by atoms with Crippen molar-refractivity contribution in [2.75, 3.05) is 0 Å². The molecule has 0 spiro atoms. The van der Waals surface area contributed by atoms with Gasteiger partial charge in [0.05, 0.1) is 22.0 Å². The van der Waals surface area contributed by atoms with Crippen molar-refractivity contribution in [2.45, 2.75) is 43.1 Å². The van der Waals surface area contributed by atoms with Crippen LogP contribution in [0.5, 0.6) is 0 Å². The van der Waals surface area contributed by atoms with Crippen LogP contribution in [0.3, 0.4) is 0 Å². The molecule has 202 valence electrons. The Morgan fingerprint density at radius 3 is 1.74 bits per heavy atom. The highest BCUT2D eigenvalue weighted by molar-refractivity contribution is 6.06. The Hall–Kier alpha value is -4.28. The molecule has 0 bridgehead atoms. The number of benzene rings is 2. The Morgan fingerprint density at radius 2 is 1.34 bits per heavy atom. The molecule has 0 aliphatic carbocycles. The summed E-state index contributed by atoms with van der Waals surface area (Å²) in [4.78, 5) is 58.3. The van der Waals surface area contributed by atoms with Gasteiger partial charge >= 0.3 is 12.1 Å². The molecule has 13 nitrogen and oxygen atoms in total. The summed E-state index contributed by atoms with van der Waals surface area (Å²) >= 11 is 0. The highest BCUT2D eigenvalue weighted by Gasteiger charge is 2.61. The lowest BCUT2D eigenvalue weighted by Crippen LogP contribution is -2.71. The second kappa shape index (κ2) is 9.88. The molecule has 2 aromatic rings. The minimum absolute atomic E-state index is 0.367. The Balaban J connectivity index is 2.06. The summed E-state index contributed by atoms with van der Waals surface area (Å²) in [5.74, 6) is -8.28. The van der Waals surface area contributed by atoms with Crippen molar-refractivity contribution in [1.82, 2.24) is 5.32 Å². The Kier molecular flexibility index (Phi) is 7.36. The molecule has 16 heteroatoms. The number of alkyl halides is 3. The predicted octanol–water partition coefficient (Wildman–Crippen LogP) is 1.84. The van der Waals surface area contributed by atoms with Crippen LogP contribution in [-0.2, 0) is 9.53 Å². The monoisotopic (exact) mass is 541 g/mol. The summed E-state index contributed by atoms with van der Waals surface area (Å²) in [6, 6.07) is 5.10. The second-order valence-corrected chi connectivity index (χ2v) is 8.42. The average Bonchev–Trinajstić information content (AvgIpc) is 2.84. The van der Waals surface area contributed by atoms with Gasteiger partial charge in [0.15, 0.2) is 11.4 Å². The molecule has 1 fully saturated rings. The van der Waals surface area contributed by atoms with Crippen LogP contribution in [0.15, 0.2) is 48.5 Å². The molecule has 0 unspecified atom stereocenters. The van der Waals surface area contributed by atoms with Crippen LogP contribution in [0, 0.1) is 20.2 Å². The van der Waals surface area contributed by atoms with Crippen molar-refractivity contribution in [2.24, 2.45) is 0 Å². The average molecular weight is 541 g/mol. The first kappa shape index (κ1) is 28.3. The van der Waals surface area contributed by atoms with Crippen LogP contribution in [-0.4, -0.2) is 67.2 Å². The van der Waals surface area contributed by atoms with E-state index < -0.39 is 80.4 Å². The van der Waals surface area contributed by atoms with E-state index in [-0.39, 0.29) is 5.56 Å². The number of halogens is 3. The topological polar surface area (TPSA) is 199 Å². The molecule has 1 aliphatic heterocycles. The summed E-state index contributed by atoms with van der Waals surface area (Å²) in [7, 11) is 0. The maximum atomic E-state index is 13.4. The molecule has 4 atom stereocenters. The third-order valence-electron chi connectivity index (χ3n) is 5.85. The quantitative estimate of drug-likeness (QED) is 0.264. The summed E-state index contributed by atoms with van der Waals surface area (Å²) in [6.07, 6.45) is -8.60. The lowest BCUT2D eigenvalue weighted by molar-refractivity contribution is -0.385. The summed E-state index contributed by atoms with van der Waals surface area (Å²) in [6.45, 7) is 0.975. The number of non-ortho nitro benzene ring substituents is 2. The lowest BCUT2D eigenvalue weighted by Gasteiger charge is -2.48. The van der Waals surface area contributed by atoms with Crippen molar-refractivity contribution in [3.8, 4) is 0 Å². The Labute approximate surface area is 210 Å². The molecule has 1 saturated heterocycles. The number of ketones is 2. The van der Waals surface area contributed by atoms with Gasteiger partial charge in [-0.25, -0.2) is 0 Å². The molecule has 0 radical (unpaired) electrons. The van der Waals surface area contributed by atoms with Gasteiger partial charge in [-0.05, 0) is 31.2 Å². The van der Waals surface area contributed by atoms with Gasteiger partial charge in [-0.1, -0.05) is 0 Å². The molecule has 38 heavy (non-hydrogen) atoms. The molecule has 1 heterocycles. The first-order valence-electron chi connectivity index (χ1n) is 10.6. The van der Waals surface area contributed by atoms with Gasteiger partial charge in [0.25, 0.3) is 11.4 Å². The first-order valence-corrected chi connectivity index (χ1v) is 10.6. The van der Waals surface area contributed by atoms with Crippen LogP contribution < -0.4 is 5.32 Å². The predicted molar refractivity (Wildman–Crippen MR) is 118 cm³/mol. The fraction of sp³-hybridized carbons (Fsp3) is 0.318. The Bertz CT molecular complexity index is 1300. The van der Waals surface area contributed by atoms with E-state index in [0.29, 0.717) is 0 Å². The Morgan fingerprint density at radius 1 is 0.921 bits per heavy atom. The van der Waals surface area contributed by atoms with Gasteiger partial charge in [-0.2, -0.15) is 13.2 Å². The minimum atomic E-state index is -5.45. The van der Waals surface area contributed by atoms with E-state index in [1.54, 1.807) is 0 Å². The maximum Gasteiger partial charge on any atom is 0.471 e. The number of carbonyl (C=O) groups excluding carboxylic acids is 3. The van der Waals surface area contributed by atoms with E-state index in [2.05, 4.69) is 0 Å². The third kappa shape index (κ3) is 5.36. The van der Waals surface area contributed by atoms with Gasteiger partial charge in [0.2, 0.25) is 11.6 Å².